The lowest BCUT2D eigenvalue weighted by Crippen LogP contribution is -2.14. The zero-order valence-electron chi connectivity index (χ0n) is 14.9. The Hall–Kier alpha value is -2.95. The van der Waals surface area contributed by atoms with E-state index in [1.54, 1.807) is 30.3 Å². The fourth-order valence-corrected chi connectivity index (χ4v) is 3.50. The molecule has 0 radical (unpaired) electrons. The van der Waals surface area contributed by atoms with Crippen LogP contribution < -0.4 is 5.32 Å². The van der Waals surface area contributed by atoms with Gasteiger partial charge in [0.25, 0.3) is 5.91 Å². The van der Waals surface area contributed by atoms with E-state index < -0.39 is 0 Å². The topological polar surface area (TPSA) is 54.9 Å². The van der Waals surface area contributed by atoms with Gasteiger partial charge in [-0.15, -0.1) is 0 Å². The van der Waals surface area contributed by atoms with Crippen LogP contribution in [0.3, 0.4) is 0 Å². The minimum absolute atomic E-state index is 0.261. The van der Waals surface area contributed by atoms with E-state index in [1.165, 1.54) is 0 Å². The first kappa shape index (κ1) is 18.4. The Labute approximate surface area is 172 Å². The summed E-state index contributed by atoms with van der Waals surface area (Å²) in [5.74, 6) is 0.236. The van der Waals surface area contributed by atoms with Gasteiger partial charge in [-0.2, -0.15) is 0 Å². The van der Waals surface area contributed by atoms with Gasteiger partial charge in [0.2, 0.25) is 0 Å². The molecular weight excluding hydrogens is 393 g/mol. The third-order valence-electron chi connectivity index (χ3n) is 4.30. The summed E-state index contributed by atoms with van der Waals surface area (Å²) in [7, 11) is 0. The zero-order valence-corrected chi connectivity index (χ0v) is 16.4. The lowest BCUT2D eigenvalue weighted by molar-refractivity contribution is 0.102. The summed E-state index contributed by atoms with van der Waals surface area (Å²) in [6, 6.07) is 19.9. The summed E-state index contributed by atoms with van der Waals surface area (Å²) in [5, 5.41) is 4.63. The summed E-state index contributed by atoms with van der Waals surface area (Å²) >= 11 is 12.4. The molecule has 1 N–H and O–H groups in total. The first-order chi connectivity index (χ1) is 13.5. The van der Waals surface area contributed by atoms with Crippen LogP contribution in [0.5, 0.6) is 0 Å². The molecule has 6 heteroatoms. The minimum atomic E-state index is -0.261. The summed E-state index contributed by atoms with van der Waals surface area (Å²) in [4.78, 5) is 22.0. The van der Waals surface area contributed by atoms with E-state index in [0.717, 1.165) is 11.1 Å². The number of rotatable bonds is 3. The van der Waals surface area contributed by atoms with Gasteiger partial charge in [0.1, 0.15) is 5.82 Å². The van der Waals surface area contributed by atoms with Gasteiger partial charge in [0, 0.05) is 21.7 Å². The van der Waals surface area contributed by atoms with Crippen LogP contribution in [0.4, 0.5) is 5.82 Å². The Balaban J connectivity index is 1.83. The van der Waals surface area contributed by atoms with Crippen LogP contribution in [0.25, 0.3) is 22.2 Å². The maximum Gasteiger partial charge on any atom is 0.257 e. The number of anilines is 1. The Bertz CT molecular complexity index is 1210. The number of aromatic nitrogens is 2. The maximum atomic E-state index is 13.0. The normalized spacial score (nSPS) is 10.8. The van der Waals surface area contributed by atoms with Crippen LogP contribution in [0, 0.1) is 6.92 Å². The molecule has 1 amide bonds. The average molecular weight is 408 g/mol. The van der Waals surface area contributed by atoms with Crippen LogP contribution in [0.1, 0.15) is 16.1 Å². The van der Waals surface area contributed by atoms with E-state index in [-0.39, 0.29) is 5.91 Å². The molecule has 0 aliphatic heterocycles. The quantitative estimate of drug-likeness (QED) is 0.442. The van der Waals surface area contributed by atoms with Crippen molar-refractivity contribution in [3.8, 4) is 11.3 Å². The molecule has 28 heavy (non-hydrogen) atoms. The number of halogens is 2. The number of carbonyl (C=O) groups excluding carboxylic acids is 1. The van der Waals surface area contributed by atoms with Gasteiger partial charge in [0.05, 0.1) is 21.8 Å². The van der Waals surface area contributed by atoms with Crippen LogP contribution in [-0.4, -0.2) is 15.9 Å². The van der Waals surface area contributed by atoms with Crippen LogP contribution >= 0.6 is 23.2 Å². The van der Waals surface area contributed by atoms with Crippen LogP contribution in [0.2, 0.25) is 10.0 Å². The molecule has 0 atom stereocenters. The molecule has 0 aliphatic carbocycles. The molecule has 2 aromatic heterocycles. The lowest BCUT2D eigenvalue weighted by atomic mass is 10.0. The second kappa shape index (κ2) is 7.58. The Morgan fingerprint density at radius 1 is 0.929 bits per heavy atom. The van der Waals surface area contributed by atoms with Crippen LogP contribution in [0.15, 0.2) is 66.7 Å². The number of amides is 1. The number of benzene rings is 2. The van der Waals surface area contributed by atoms with Gasteiger partial charge in [-0.05, 0) is 49.4 Å². The Morgan fingerprint density at radius 3 is 2.54 bits per heavy atom. The van der Waals surface area contributed by atoms with Crippen molar-refractivity contribution in [1.29, 1.82) is 0 Å². The highest BCUT2D eigenvalue weighted by atomic mass is 35.5. The van der Waals surface area contributed by atoms with E-state index >= 15 is 0 Å². The van der Waals surface area contributed by atoms with Gasteiger partial charge >= 0.3 is 0 Å². The van der Waals surface area contributed by atoms with Gasteiger partial charge in [-0.25, -0.2) is 9.97 Å². The molecule has 0 bridgehead atoms. The number of carbonyl (C=O) groups is 1. The summed E-state index contributed by atoms with van der Waals surface area (Å²) < 4.78 is 0. The van der Waals surface area contributed by atoms with E-state index in [4.69, 9.17) is 23.2 Å². The summed E-state index contributed by atoms with van der Waals surface area (Å²) in [6.07, 6.45) is 0. The largest absolute Gasteiger partial charge is 0.307 e. The number of para-hydroxylation sites is 1. The Kier molecular flexibility index (Phi) is 4.99. The molecule has 138 valence electrons. The standard InChI is InChI=1S/C22H15Cl2N3O/c1-13-5-4-8-21(25-13)27-22(28)17-12-20(16-10-9-14(23)11-18(16)24)26-19-7-3-2-6-15(17)19/h2-12H,1H3,(H,25,27,28). The number of fused-ring (bicyclic) bond motifs is 1. The first-order valence-electron chi connectivity index (χ1n) is 8.61. The van der Waals surface area contributed by atoms with Crippen LogP contribution in [-0.2, 0) is 0 Å². The summed E-state index contributed by atoms with van der Waals surface area (Å²) in [5.41, 5.74) is 3.33. The van der Waals surface area contributed by atoms with Crippen molar-refractivity contribution in [1.82, 2.24) is 9.97 Å². The van der Waals surface area contributed by atoms with Crippen molar-refractivity contribution in [2.45, 2.75) is 6.92 Å². The highest BCUT2D eigenvalue weighted by Gasteiger charge is 2.16. The molecule has 4 rings (SSSR count). The maximum absolute atomic E-state index is 13.0. The number of hydrogen-bond donors (Lipinski definition) is 1. The highest BCUT2D eigenvalue weighted by molar-refractivity contribution is 6.36. The number of aryl methyl sites for hydroxylation is 1. The van der Waals surface area contributed by atoms with Crippen molar-refractivity contribution in [3.05, 3.63) is 88.0 Å². The van der Waals surface area contributed by atoms with Crippen molar-refractivity contribution < 1.29 is 4.79 Å². The lowest BCUT2D eigenvalue weighted by Gasteiger charge is -2.11. The summed E-state index contributed by atoms with van der Waals surface area (Å²) in [6.45, 7) is 1.87. The molecule has 4 aromatic rings. The van der Waals surface area contributed by atoms with E-state index in [0.29, 0.717) is 38.2 Å². The third-order valence-corrected chi connectivity index (χ3v) is 4.85. The second-order valence-corrected chi connectivity index (χ2v) is 7.16. The van der Waals surface area contributed by atoms with Crippen molar-refractivity contribution in [3.63, 3.8) is 0 Å². The SMILES string of the molecule is Cc1cccc(NC(=O)c2cc(-c3ccc(Cl)cc3Cl)nc3ccccc23)n1. The highest BCUT2D eigenvalue weighted by Crippen LogP contribution is 2.32. The van der Waals surface area contributed by atoms with Gasteiger partial charge in [0.15, 0.2) is 0 Å². The molecule has 0 unspecified atom stereocenters. The zero-order chi connectivity index (χ0) is 19.7. The molecule has 0 fully saturated rings. The molecule has 0 saturated heterocycles. The minimum Gasteiger partial charge on any atom is -0.307 e. The number of nitrogens with one attached hydrogen (secondary N) is 1. The third kappa shape index (κ3) is 3.70. The molecule has 4 nitrogen and oxygen atoms in total. The van der Waals surface area contributed by atoms with E-state index in [9.17, 15) is 4.79 Å². The van der Waals surface area contributed by atoms with Crippen molar-refractivity contribution in [2.75, 3.05) is 5.32 Å². The van der Waals surface area contributed by atoms with Gasteiger partial charge in [-0.3, -0.25) is 4.79 Å². The monoisotopic (exact) mass is 407 g/mol. The first-order valence-corrected chi connectivity index (χ1v) is 9.37. The Morgan fingerprint density at radius 2 is 1.75 bits per heavy atom. The van der Waals surface area contributed by atoms with E-state index in [2.05, 4.69) is 15.3 Å². The predicted molar refractivity (Wildman–Crippen MR) is 114 cm³/mol. The van der Waals surface area contributed by atoms with Crippen molar-refractivity contribution in [2.24, 2.45) is 0 Å². The number of hydrogen-bond acceptors (Lipinski definition) is 3. The fourth-order valence-electron chi connectivity index (χ4n) is 2.99. The van der Waals surface area contributed by atoms with Gasteiger partial charge < -0.3 is 5.32 Å². The van der Waals surface area contributed by atoms with Gasteiger partial charge in [-0.1, -0.05) is 47.5 Å². The predicted octanol–water partition coefficient (Wildman–Crippen LogP) is 6.16. The molecule has 2 aromatic carbocycles. The average Bonchev–Trinajstić information content (AvgIpc) is 2.67. The van der Waals surface area contributed by atoms with E-state index in [1.807, 2.05) is 43.3 Å². The number of pyridine rings is 2. The molecule has 0 aliphatic rings. The van der Waals surface area contributed by atoms with Crippen molar-refractivity contribution >= 4 is 45.8 Å². The molecule has 0 saturated carbocycles. The number of nitrogens with zero attached hydrogens (tertiary/aromatic N) is 2. The fraction of sp³-hybridized carbons (Fsp3) is 0.0455. The smallest absolute Gasteiger partial charge is 0.257 e. The molecular formula is C22H15Cl2N3O. The molecule has 2 heterocycles. The molecule has 0 spiro atoms. The second-order valence-electron chi connectivity index (χ2n) is 6.31.